The molecule has 4 nitrogen and oxygen atoms in total. The topological polar surface area (TPSA) is 61.3 Å². The molecule has 0 atom stereocenters. The number of halogens is 1. The first-order valence-electron chi connectivity index (χ1n) is 5.66. The van der Waals surface area contributed by atoms with Gasteiger partial charge in [-0.25, -0.2) is 4.98 Å². The summed E-state index contributed by atoms with van der Waals surface area (Å²) in [6.45, 7) is 2.44. The van der Waals surface area contributed by atoms with E-state index in [2.05, 4.69) is 20.9 Å². The summed E-state index contributed by atoms with van der Waals surface area (Å²) in [5, 5.41) is 0. The van der Waals surface area contributed by atoms with Gasteiger partial charge >= 0.3 is 0 Å². The number of aryl methyl sites for hydroxylation is 1. The van der Waals surface area contributed by atoms with Crippen LogP contribution in [-0.2, 0) is 6.42 Å². The third kappa shape index (κ3) is 2.57. The van der Waals surface area contributed by atoms with Crippen molar-refractivity contribution in [1.82, 2.24) is 4.98 Å². The van der Waals surface area contributed by atoms with Crippen LogP contribution in [0.15, 0.2) is 27.1 Å². The SMILES string of the molecule is COc1ccc(-c2nc(CCN)oc2C)cc1Br. The Kier molecular flexibility index (Phi) is 4.04. The van der Waals surface area contributed by atoms with Crippen molar-refractivity contribution in [3.8, 4) is 17.0 Å². The van der Waals surface area contributed by atoms with Gasteiger partial charge in [0.1, 0.15) is 17.2 Å². The predicted molar refractivity (Wildman–Crippen MR) is 73.7 cm³/mol. The second kappa shape index (κ2) is 5.54. The van der Waals surface area contributed by atoms with Crippen molar-refractivity contribution in [3.05, 3.63) is 34.3 Å². The third-order valence-electron chi connectivity index (χ3n) is 2.62. The summed E-state index contributed by atoms with van der Waals surface area (Å²) < 4.78 is 11.7. The standard InChI is InChI=1S/C13H15BrN2O2/c1-8-13(16-12(18-8)5-6-15)9-3-4-11(17-2)10(14)7-9/h3-4,7H,5-6,15H2,1-2H3. The van der Waals surface area contributed by atoms with Crippen LogP contribution >= 0.6 is 15.9 Å². The van der Waals surface area contributed by atoms with Gasteiger partial charge in [-0.15, -0.1) is 0 Å². The van der Waals surface area contributed by atoms with Crippen LogP contribution in [0, 0.1) is 6.92 Å². The molecule has 0 aliphatic carbocycles. The van der Waals surface area contributed by atoms with Gasteiger partial charge in [0, 0.05) is 18.5 Å². The van der Waals surface area contributed by atoms with Crippen LogP contribution < -0.4 is 10.5 Å². The van der Waals surface area contributed by atoms with Crippen molar-refractivity contribution in [1.29, 1.82) is 0 Å². The molecule has 0 saturated heterocycles. The molecule has 0 amide bonds. The number of hydrogen-bond donors (Lipinski definition) is 1. The predicted octanol–water partition coefficient (Wildman–Crippen LogP) is 2.92. The zero-order valence-corrected chi connectivity index (χ0v) is 12.0. The monoisotopic (exact) mass is 310 g/mol. The average molecular weight is 311 g/mol. The zero-order valence-electron chi connectivity index (χ0n) is 10.4. The Morgan fingerprint density at radius 3 is 2.83 bits per heavy atom. The van der Waals surface area contributed by atoms with E-state index < -0.39 is 0 Å². The number of nitrogens with two attached hydrogens (primary N) is 1. The molecule has 1 heterocycles. The number of benzene rings is 1. The van der Waals surface area contributed by atoms with Crippen LogP contribution in [0.25, 0.3) is 11.3 Å². The smallest absolute Gasteiger partial charge is 0.196 e. The maximum Gasteiger partial charge on any atom is 0.196 e. The highest BCUT2D eigenvalue weighted by atomic mass is 79.9. The summed E-state index contributed by atoms with van der Waals surface area (Å²) in [4.78, 5) is 4.46. The first-order valence-corrected chi connectivity index (χ1v) is 6.45. The fraction of sp³-hybridized carbons (Fsp3) is 0.308. The molecule has 0 fully saturated rings. The first kappa shape index (κ1) is 13.1. The van der Waals surface area contributed by atoms with Gasteiger partial charge in [-0.1, -0.05) is 0 Å². The van der Waals surface area contributed by atoms with Crippen molar-refractivity contribution in [3.63, 3.8) is 0 Å². The number of methoxy groups -OCH3 is 1. The van der Waals surface area contributed by atoms with E-state index in [-0.39, 0.29) is 0 Å². The van der Waals surface area contributed by atoms with Crippen molar-refractivity contribution in [2.75, 3.05) is 13.7 Å². The molecule has 0 aliphatic rings. The van der Waals surface area contributed by atoms with Crippen LogP contribution in [0.4, 0.5) is 0 Å². The van der Waals surface area contributed by atoms with Crippen molar-refractivity contribution in [2.24, 2.45) is 5.73 Å². The van der Waals surface area contributed by atoms with E-state index in [1.165, 1.54) is 0 Å². The van der Waals surface area contributed by atoms with Gasteiger partial charge in [0.15, 0.2) is 5.89 Å². The summed E-state index contributed by atoms with van der Waals surface area (Å²) in [6, 6.07) is 5.83. The highest BCUT2D eigenvalue weighted by molar-refractivity contribution is 9.10. The molecule has 18 heavy (non-hydrogen) atoms. The molecule has 0 bridgehead atoms. The van der Waals surface area contributed by atoms with Gasteiger partial charge in [0.25, 0.3) is 0 Å². The maximum absolute atomic E-state index is 5.57. The minimum Gasteiger partial charge on any atom is -0.496 e. The fourth-order valence-electron chi connectivity index (χ4n) is 1.76. The van der Waals surface area contributed by atoms with Gasteiger partial charge in [-0.3, -0.25) is 0 Å². The Morgan fingerprint density at radius 1 is 1.44 bits per heavy atom. The number of aromatic nitrogens is 1. The largest absolute Gasteiger partial charge is 0.496 e. The second-order valence-electron chi connectivity index (χ2n) is 3.90. The van der Waals surface area contributed by atoms with E-state index in [0.29, 0.717) is 18.9 Å². The number of rotatable bonds is 4. The van der Waals surface area contributed by atoms with Crippen LogP contribution in [0.5, 0.6) is 5.75 Å². The zero-order chi connectivity index (χ0) is 13.1. The fourth-order valence-corrected chi connectivity index (χ4v) is 2.30. The molecule has 0 saturated carbocycles. The molecular weight excluding hydrogens is 296 g/mol. The molecule has 0 unspecified atom stereocenters. The van der Waals surface area contributed by atoms with Crippen LogP contribution in [0.1, 0.15) is 11.7 Å². The van der Waals surface area contributed by atoms with E-state index in [4.69, 9.17) is 14.9 Å². The summed E-state index contributed by atoms with van der Waals surface area (Å²) >= 11 is 3.46. The minimum absolute atomic E-state index is 0.533. The molecule has 1 aromatic heterocycles. The van der Waals surface area contributed by atoms with E-state index in [0.717, 1.165) is 27.2 Å². The number of nitrogens with zero attached hydrogens (tertiary/aromatic N) is 1. The number of oxazole rings is 1. The lowest BCUT2D eigenvalue weighted by Crippen LogP contribution is -2.02. The third-order valence-corrected chi connectivity index (χ3v) is 3.24. The lowest BCUT2D eigenvalue weighted by Gasteiger charge is -2.04. The quantitative estimate of drug-likeness (QED) is 0.943. The summed E-state index contributed by atoms with van der Waals surface area (Å²) in [7, 11) is 1.64. The normalized spacial score (nSPS) is 10.7. The van der Waals surface area contributed by atoms with Crippen LogP contribution in [-0.4, -0.2) is 18.6 Å². The van der Waals surface area contributed by atoms with Crippen LogP contribution in [0.2, 0.25) is 0 Å². The van der Waals surface area contributed by atoms with Gasteiger partial charge in [-0.2, -0.15) is 0 Å². The van der Waals surface area contributed by atoms with Crippen molar-refractivity contribution in [2.45, 2.75) is 13.3 Å². The number of hydrogen-bond acceptors (Lipinski definition) is 4. The summed E-state index contributed by atoms with van der Waals surface area (Å²) in [6.07, 6.45) is 0.651. The average Bonchev–Trinajstić information content (AvgIpc) is 2.71. The molecule has 1 aromatic carbocycles. The summed E-state index contributed by atoms with van der Waals surface area (Å²) in [5.74, 6) is 2.27. The Morgan fingerprint density at radius 2 is 2.22 bits per heavy atom. The second-order valence-corrected chi connectivity index (χ2v) is 4.75. The molecule has 5 heteroatoms. The molecule has 2 N–H and O–H groups in total. The molecule has 2 rings (SSSR count). The molecule has 2 aromatic rings. The van der Waals surface area contributed by atoms with E-state index in [1.54, 1.807) is 7.11 Å². The highest BCUT2D eigenvalue weighted by Crippen LogP contribution is 2.31. The molecular formula is C13H15BrN2O2. The van der Waals surface area contributed by atoms with E-state index in [9.17, 15) is 0 Å². The molecule has 96 valence electrons. The van der Waals surface area contributed by atoms with E-state index in [1.807, 2.05) is 25.1 Å². The minimum atomic E-state index is 0.533. The number of ether oxygens (including phenoxy) is 1. The van der Waals surface area contributed by atoms with E-state index >= 15 is 0 Å². The summed E-state index contributed by atoms with van der Waals surface area (Å²) in [5.41, 5.74) is 7.34. The van der Waals surface area contributed by atoms with Crippen molar-refractivity contribution < 1.29 is 9.15 Å². The maximum atomic E-state index is 5.57. The molecule has 0 spiro atoms. The van der Waals surface area contributed by atoms with Gasteiger partial charge in [-0.05, 0) is 41.1 Å². The Labute approximate surface area is 114 Å². The lowest BCUT2D eigenvalue weighted by molar-refractivity contribution is 0.412. The van der Waals surface area contributed by atoms with Crippen LogP contribution in [0.3, 0.4) is 0 Å². The highest BCUT2D eigenvalue weighted by Gasteiger charge is 2.12. The van der Waals surface area contributed by atoms with Gasteiger partial charge in [0.2, 0.25) is 0 Å². The molecule has 0 aliphatic heterocycles. The first-order chi connectivity index (χ1) is 8.65. The Balaban J connectivity index is 2.39. The lowest BCUT2D eigenvalue weighted by atomic mass is 10.1. The Hall–Kier alpha value is -1.33. The van der Waals surface area contributed by atoms with Gasteiger partial charge in [0.05, 0.1) is 11.6 Å². The van der Waals surface area contributed by atoms with Crippen molar-refractivity contribution >= 4 is 15.9 Å². The van der Waals surface area contributed by atoms with Gasteiger partial charge < -0.3 is 14.9 Å². The Bertz CT molecular complexity index is 552. The molecule has 0 radical (unpaired) electrons.